The number of sulfone groups is 1. The minimum Gasteiger partial charge on any atom is -0.478 e. The Morgan fingerprint density at radius 3 is 2.45 bits per heavy atom. The van der Waals surface area contributed by atoms with Crippen molar-refractivity contribution >= 4 is 25.8 Å². The molecule has 8 nitrogen and oxygen atoms in total. The van der Waals surface area contributed by atoms with Gasteiger partial charge in [-0.05, 0) is 24.6 Å². The van der Waals surface area contributed by atoms with Gasteiger partial charge in [0.2, 0.25) is 10.0 Å². The SMILES string of the molecule is Cc1ccc(C(=O)O)cc1S(=O)(=O)N[C@@H]1CS(=O)(=O)C[C@H]1O. The van der Waals surface area contributed by atoms with E-state index >= 15 is 0 Å². The first kappa shape index (κ1) is 16.9. The van der Waals surface area contributed by atoms with Crippen molar-refractivity contribution in [3.05, 3.63) is 29.3 Å². The highest BCUT2D eigenvalue weighted by atomic mass is 32.2. The average molecular weight is 349 g/mol. The molecule has 122 valence electrons. The average Bonchev–Trinajstić information content (AvgIpc) is 2.61. The molecule has 2 rings (SSSR count). The van der Waals surface area contributed by atoms with E-state index in [4.69, 9.17) is 5.11 Å². The Bertz CT molecular complexity index is 814. The Kier molecular flexibility index (Phi) is 4.30. The van der Waals surface area contributed by atoms with Crippen LogP contribution in [0.5, 0.6) is 0 Å². The van der Waals surface area contributed by atoms with Crippen LogP contribution in [0.4, 0.5) is 0 Å². The molecule has 1 fully saturated rings. The number of hydrogen-bond donors (Lipinski definition) is 3. The van der Waals surface area contributed by atoms with Gasteiger partial charge in [-0.3, -0.25) is 0 Å². The first-order chi connectivity index (χ1) is 10.0. The number of benzene rings is 1. The van der Waals surface area contributed by atoms with E-state index < -0.39 is 49.5 Å². The van der Waals surface area contributed by atoms with E-state index in [1.165, 1.54) is 19.1 Å². The van der Waals surface area contributed by atoms with Crippen molar-refractivity contribution in [1.29, 1.82) is 0 Å². The van der Waals surface area contributed by atoms with Gasteiger partial charge in [-0.1, -0.05) is 6.07 Å². The summed E-state index contributed by atoms with van der Waals surface area (Å²) in [6.45, 7) is 1.49. The monoisotopic (exact) mass is 349 g/mol. The van der Waals surface area contributed by atoms with Crippen molar-refractivity contribution in [3.63, 3.8) is 0 Å². The molecule has 0 aromatic heterocycles. The highest BCUT2D eigenvalue weighted by molar-refractivity contribution is 7.92. The first-order valence-electron chi connectivity index (χ1n) is 6.26. The quantitative estimate of drug-likeness (QED) is 0.642. The van der Waals surface area contributed by atoms with E-state index in [1.54, 1.807) is 0 Å². The number of rotatable bonds is 4. The zero-order chi connectivity index (χ0) is 16.7. The smallest absolute Gasteiger partial charge is 0.335 e. The van der Waals surface area contributed by atoms with Gasteiger partial charge in [-0.15, -0.1) is 0 Å². The Labute approximate surface area is 127 Å². The molecule has 0 spiro atoms. The largest absolute Gasteiger partial charge is 0.478 e. The van der Waals surface area contributed by atoms with Crippen molar-refractivity contribution in [1.82, 2.24) is 4.72 Å². The highest BCUT2D eigenvalue weighted by Gasteiger charge is 2.39. The van der Waals surface area contributed by atoms with E-state index in [0.29, 0.717) is 5.56 Å². The molecule has 2 atom stereocenters. The number of aliphatic hydroxyl groups is 1. The van der Waals surface area contributed by atoms with Gasteiger partial charge in [0.15, 0.2) is 9.84 Å². The third-order valence-corrected chi connectivity index (χ3v) is 6.70. The van der Waals surface area contributed by atoms with Gasteiger partial charge >= 0.3 is 5.97 Å². The second kappa shape index (κ2) is 5.61. The topological polar surface area (TPSA) is 138 Å². The van der Waals surface area contributed by atoms with Crippen LogP contribution in [0.2, 0.25) is 0 Å². The fraction of sp³-hybridized carbons (Fsp3) is 0.417. The van der Waals surface area contributed by atoms with Crippen molar-refractivity contribution < 1.29 is 31.8 Å². The molecular formula is C12H15NO7S2. The summed E-state index contributed by atoms with van der Waals surface area (Å²) in [5, 5.41) is 18.6. The van der Waals surface area contributed by atoms with Gasteiger partial charge in [-0.2, -0.15) is 0 Å². The molecule has 3 N–H and O–H groups in total. The van der Waals surface area contributed by atoms with Crippen LogP contribution < -0.4 is 4.72 Å². The van der Waals surface area contributed by atoms with Crippen molar-refractivity contribution in [2.45, 2.75) is 24.0 Å². The molecule has 1 aliphatic heterocycles. The molecule has 22 heavy (non-hydrogen) atoms. The molecule has 1 saturated heterocycles. The van der Waals surface area contributed by atoms with Crippen LogP contribution in [-0.2, 0) is 19.9 Å². The van der Waals surface area contributed by atoms with Crippen LogP contribution in [0, 0.1) is 6.92 Å². The predicted octanol–water partition coefficient (Wildman–Crippen LogP) is -0.871. The molecular weight excluding hydrogens is 334 g/mol. The summed E-state index contributed by atoms with van der Waals surface area (Å²) in [4.78, 5) is 10.7. The van der Waals surface area contributed by atoms with Crippen LogP contribution in [0.3, 0.4) is 0 Å². The number of hydrogen-bond acceptors (Lipinski definition) is 6. The summed E-state index contributed by atoms with van der Waals surface area (Å²) in [5.41, 5.74) is 0.110. The molecule has 0 saturated carbocycles. The normalized spacial score (nSPS) is 24.3. The van der Waals surface area contributed by atoms with Gasteiger partial charge < -0.3 is 10.2 Å². The number of nitrogens with one attached hydrogen (secondary N) is 1. The van der Waals surface area contributed by atoms with Gasteiger partial charge in [0.05, 0.1) is 34.1 Å². The fourth-order valence-electron chi connectivity index (χ4n) is 2.23. The maximum absolute atomic E-state index is 12.3. The maximum Gasteiger partial charge on any atom is 0.335 e. The summed E-state index contributed by atoms with van der Waals surface area (Å²) in [6.07, 6.45) is -1.33. The van der Waals surface area contributed by atoms with E-state index in [9.17, 15) is 26.7 Å². The van der Waals surface area contributed by atoms with E-state index in [-0.39, 0.29) is 10.5 Å². The zero-order valence-electron chi connectivity index (χ0n) is 11.6. The van der Waals surface area contributed by atoms with Crippen LogP contribution in [0.15, 0.2) is 23.1 Å². The molecule has 1 aromatic carbocycles. The summed E-state index contributed by atoms with van der Waals surface area (Å²) in [5.74, 6) is -2.28. The number of carboxylic acid groups (broad SMARTS) is 1. The number of aryl methyl sites for hydroxylation is 1. The fourth-order valence-corrected chi connectivity index (χ4v) is 5.61. The Morgan fingerprint density at radius 2 is 1.95 bits per heavy atom. The lowest BCUT2D eigenvalue weighted by Crippen LogP contribution is -2.42. The Hall–Kier alpha value is -1.49. The summed E-state index contributed by atoms with van der Waals surface area (Å²) in [6, 6.07) is 2.46. The third kappa shape index (κ3) is 3.46. The number of aromatic carboxylic acids is 1. The zero-order valence-corrected chi connectivity index (χ0v) is 13.2. The molecule has 1 heterocycles. The molecule has 0 bridgehead atoms. The molecule has 0 unspecified atom stereocenters. The summed E-state index contributed by atoms with van der Waals surface area (Å²) in [7, 11) is -7.65. The highest BCUT2D eigenvalue weighted by Crippen LogP contribution is 2.20. The van der Waals surface area contributed by atoms with E-state index in [1.807, 2.05) is 0 Å². The lowest BCUT2D eigenvalue weighted by molar-refractivity contribution is 0.0696. The number of sulfonamides is 1. The molecule has 0 radical (unpaired) electrons. The molecule has 0 amide bonds. The summed E-state index contributed by atoms with van der Waals surface area (Å²) < 4.78 is 49.6. The minimum atomic E-state index is -4.15. The van der Waals surface area contributed by atoms with Crippen molar-refractivity contribution in [3.8, 4) is 0 Å². The maximum atomic E-state index is 12.3. The first-order valence-corrected chi connectivity index (χ1v) is 9.57. The lowest BCUT2D eigenvalue weighted by Gasteiger charge is -2.16. The second-order valence-corrected chi connectivity index (χ2v) is 8.99. The van der Waals surface area contributed by atoms with Gasteiger partial charge in [0.1, 0.15) is 0 Å². The Morgan fingerprint density at radius 1 is 1.32 bits per heavy atom. The van der Waals surface area contributed by atoms with Crippen molar-refractivity contribution in [2.24, 2.45) is 0 Å². The van der Waals surface area contributed by atoms with Crippen LogP contribution in [0.25, 0.3) is 0 Å². The van der Waals surface area contributed by atoms with Gasteiger partial charge in [-0.25, -0.2) is 26.4 Å². The molecule has 1 aliphatic rings. The molecule has 10 heteroatoms. The predicted molar refractivity (Wildman–Crippen MR) is 76.9 cm³/mol. The van der Waals surface area contributed by atoms with Crippen molar-refractivity contribution in [2.75, 3.05) is 11.5 Å². The van der Waals surface area contributed by atoms with Gasteiger partial charge in [0.25, 0.3) is 0 Å². The standard InChI is InChI=1S/C12H15NO7S2/c1-7-2-3-8(12(15)16)4-11(7)22(19,20)13-9-5-21(17,18)6-10(9)14/h2-4,9-10,13-14H,5-6H2,1H3,(H,15,16)/t9-,10-/m1/s1. The van der Waals surface area contributed by atoms with Crippen LogP contribution in [0.1, 0.15) is 15.9 Å². The molecule has 0 aliphatic carbocycles. The lowest BCUT2D eigenvalue weighted by atomic mass is 10.1. The summed E-state index contributed by atoms with van der Waals surface area (Å²) >= 11 is 0. The van der Waals surface area contributed by atoms with E-state index in [2.05, 4.69) is 4.72 Å². The van der Waals surface area contributed by atoms with Crippen LogP contribution >= 0.6 is 0 Å². The second-order valence-electron chi connectivity index (χ2n) is 5.16. The number of carboxylic acids is 1. The number of aliphatic hydroxyl groups excluding tert-OH is 1. The van der Waals surface area contributed by atoms with Crippen LogP contribution in [-0.4, -0.2) is 56.7 Å². The third-order valence-electron chi connectivity index (χ3n) is 3.35. The Balaban J connectivity index is 2.35. The minimum absolute atomic E-state index is 0.203. The molecule has 1 aromatic rings. The number of carbonyl (C=O) groups is 1. The van der Waals surface area contributed by atoms with Gasteiger partial charge in [0, 0.05) is 0 Å². The van der Waals surface area contributed by atoms with E-state index in [0.717, 1.165) is 6.07 Å².